The SMILES string of the molecule is CCOC(=O)c1sc(NC(=O)COC(=O)c2ccc3nc[nH]c3c2)c(C(=O)OC)c1C. The summed E-state index contributed by atoms with van der Waals surface area (Å²) in [4.78, 5) is 56.0. The predicted octanol–water partition coefficient (Wildman–Crippen LogP) is 2.69. The fraction of sp³-hybridized carbons (Fsp3) is 0.250. The molecule has 0 aliphatic carbocycles. The number of aromatic nitrogens is 2. The number of imidazole rings is 1. The summed E-state index contributed by atoms with van der Waals surface area (Å²) in [6.07, 6.45) is 1.50. The molecule has 2 aromatic heterocycles. The van der Waals surface area contributed by atoms with Crippen LogP contribution in [0.25, 0.3) is 11.0 Å². The van der Waals surface area contributed by atoms with Gasteiger partial charge in [-0.3, -0.25) is 4.79 Å². The molecule has 0 radical (unpaired) electrons. The van der Waals surface area contributed by atoms with E-state index in [1.807, 2.05) is 0 Å². The number of carbonyl (C=O) groups excluding carboxylic acids is 4. The number of aromatic amines is 1. The first-order chi connectivity index (χ1) is 14.8. The summed E-state index contributed by atoms with van der Waals surface area (Å²) in [6.45, 7) is 2.78. The van der Waals surface area contributed by atoms with Gasteiger partial charge in [0.15, 0.2) is 6.61 Å². The standard InChI is InChI=1S/C20H19N3O7S/c1-4-29-20(27)16-10(2)15(19(26)28-3)17(31-16)23-14(24)8-30-18(25)11-5-6-12-13(7-11)22-9-21-12/h5-7,9H,4,8H2,1-3H3,(H,21,22)(H,23,24). The van der Waals surface area contributed by atoms with E-state index in [2.05, 4.69) is 15.3 Å². The second-order valence-electron chi connectivity index (χ2n) is 6.23. The average molecular weight is 445 g/mol. The van der Waals surface area contributed by atoms with E-state index in [0.29, 0.717) is 16.6 Å². The summed E-state index contributed by atoms with van der Waals surface area (Å²) < 4.78 is 14.8. The number of rotatable bonds is 7. The summed E-state index contributed by atoms with van der Waals surface area (Å²) in [5, 5.41) is 2.60. The molecule has 2 N–H and O–H groups in total. The molecule has 31 heavy (non-hydrogen) atoms. The van der Waals surface area contributed by atoms with Crippen LogP contribution < -0.4 is 5.32 Å². The van der Waals surface area contributed by atoms with E-state index in [4.69, 9.17) is 14.2 Å². The lowest BCUT2D eigenvalue weighted by Crippen LogP contribution is -2.21. The third-order valence-electron chi connectivity index (χ3n) is 4.24. The molecule has 10 nitrogen and oxygen atoms in total. The third kappa shape index (κ3) is 4.72. The van der Waals surface area contributed by atoms with Crippen LogP contribution >= 0.6 is 11.3 Å². The average Bonchev–Trinajstić information content (AvgIpc) is 3.35. The third-order valence-corrected chi connectivity index (χ3v) is 5.43. The summed E-state index contributed by atoms with van der Waals surface area (Å²) in [5.74, 6) is -2.71. The van der Waals surface area contributed by atoms with Crippen LogP contribution in [0.4, 0.5) is 5.00 Å². The molecule has 2 heterocycles. The van der Waals surface area contributed by atoms with Crippen molar-refractivity contribution in [1.29, 1.82) is 0 Å². The van der Waals surface area contributed by atoms with Crippen LogP contribution in [0, 0.1) is 6.92 Å². The van der Waals surface area contributed by atoms with Gasteiger partial charge in [0.2, 0.25) is 0 Å². The fourth-order valence-electron chi connectivity index (χ4n) is 2.78. The van der Waals surface area contributed by atoms with Gasteiger partial charge in [0, 0.05) is 0 Å². The minimum Gasteiger partial charge on any atom is -0.465 e. The second kappa shape index (κ2) is 9.39. The molecule has 1 amide bonds. The number of amides is 1. The van der Waals surface area contributed by atoms with Crippen LogP contribution in [-0.4, -0.2) is 54.1 Å². The van der Waals surface area contributed by atoms with Crippen molar-refractivity contribution < 1.29 is 33.4 Å². The molecule has 0 spiro atoms. The lowest BCUT2D eigenvalue weighted by atomic mass is 10.1. The van der Waals surface area contributed by atoms with Crippen LogP contribution in [0.5, 0.6) is 0 Å². The molecular weight excluding hydrogens is 426 g/mol. The Balaban J connectivity index is 1.71. The number of hydrogen-bond donors (Lipinski definition) is 2. The molecule has 0 saturated heterocycles. The van der Waals surface area contributed by atoms with Gasteiger partial charge in [-0.2, -0.15) is 0 Å². The summed E-state index contributed by atoms with van der Waals surface area (Å²) in [7, 11) is 1.19. The highest BCUT2D eigenvalue weighted by molar-refractivity contribution is 7.18. The van der Waals surface area contributed by atoms with Crippen LogP contribution in [0.3, 0.4) is 0 Å². The second-order valence-corrected chi connectivity index (χ2v) is 7.25. The van der Waals surface area contributed by atoms with E-state index in [-0.39, 0.29) is 27.6 Å². The molecular formula is C20H19N3O7S. The molecule has 0 aliphatic rings. The first kappa shape index (κ1) is 22.0. The number of fused-ring (bicyclic) bond motifs is 1. The lowest BCUT2D eigenvalue weighted by Gasteiger charge is -2.07. The van der Waals surface area contributed by atoms with E-state index in [1.165, 1.54) is 19.5 Å². The van der Waals surface area contributed by atoms with Gasteiger partial charge in [-0.15, -0.1) is 11.3 Å². The smallest absolute Gasteiger partial charge is 0.348 e. The highest BCUT2D eigenvalue weighted by Gasteiger charge is 2.27. The molecule has 0 fully saturated rings. The number of benzene rings is 1. The number of hydrogen-bond acceptors (Lipinski definition) is 9. The fourth-order valence-corrected chi connectivity index (χ4v) is 3.89. The van der Waals surface area contributed by atoms with Crippen LogP contribution in [0.1, 0.15) is 42.9 Å². The Morgan fingerprint density at radius 2 is 1.90 bits per heavy atom. The number of anilines is 1. The Morgan fingerprint density at radius 3 is 2.61 bits per heavy atom. The predicted molar refractivity (Wildman–Crippen MR) is 111 cm³/mol. The number of carbonyl (C=O) groups is 4. The van der Waals surface area contributed by atoms with Gasteiger partial charge in [0.1, 0.15) is 9.88 Å². The normalized spacial score (nSPS) is 10.5. The van der Waals surface area contributed by atoms with Crippen LogP contribution in [0.15, 0.2) is 24.5 Å². The molecule has 162 valence electrons. The van der Waals surface area contributed by atoms with Crippen molar-refractivity contribution in [3.63, 3.8) is 0 Å². The topological polar surface area (TPSA) is 137 Å². The zero-order valence-corrected chi connectivity index (χ0v) is 17.8. The Kier molecular flexibility index (Phi) is 6.65. The summed E-state index contributed by atoms with van der Waals surface area (Å²) >= 11 is 0.880. The van der Waals surface area contributed by atoms with Gasteiger partial charge in [0.25, 0.3) is 5.91 Å². The number of esters is 3. The molecule has 0 bridgehead atoms. The molecule has 0 saturated carbocycles. The van der Waals surface area contributed by atoms with Crippen LogP contribution in [-0.2, 0) is 19.0 Å². The zero-order chi connectivity index (χ0) is 22.5. The highest BCUT2D eigenvalue weighted by atomic mass is 32.1. The van der Waals surface area contributed by atoms with Gasteiger partial charge < -0.3 is 24.5 Å². The van der Waals surface area contributed by atoms with Crippen molar-refractivity contribution in [3.05, 3.63) is 46.1 Å². The largest absolute Gasteiger partial charge is 0.465 e. The molecule has 3 rings (SSSR count). The van der Waals surface area contributed by atoms with E-state index >= 15 is 0 Å². The van der Waals surface area contributed by atoms with Crippen molar-refractivity contribution in [1.82, 2.24) is 9.97 Å². The molecule has 0 aliphatic heterocycles. The molecule has 3 aromatic rings. The van der Waals surface area contributed by atoms with Gasteiger partial charge in [-0.05, 0) is 37.6 Å². The van der Waals surface area contributed by atoms with Crippen molar-refractivity contribution in [2.24, 2.45) is 0 Å². The lowest BCUT2D eigenvalue weighted by molar-refractivity contribution is -0.119. The highest BCUT2D eigenvalue weighted by Crippen LogP contribution is 2.34. The van der Waals surface area contributed by atoms with Crippen molar-refractivity contribution in [3.8, 4) is 0 Å². The quantitative estimate of drug-likeness (QED) is 0.418. The number of ether oxygens (including phenoxy) is 3. The minimum absolute atomic E-state index is 0.0416. The van der Waals surface area contributed by atoms with Gasteiger partial charge in [-0.1, -0.05) is 0 Å². The number of nitrogens with one attached hydrogen (secondary N) is 2. The first-order valence-electron chi connectivity index (χ1n) is 9.14. The Labute approximate surface area is 180 Å². The van der Waals surface area contributed by atoms with Gasteiger partial charge >= 0.3 is 17.9 Å². The summed E-state index contributed by atoms with van der Waals surface area (Å²) in [5.41, 5.74) is 1.96. The Morgan fingerprint density at radius 1 is 1.13 bits per heavy atom. The van der Waals surface area contributed by atoms with Gasteiger partial charge in [0.05, 0.1) is 42.2 Å². The maximum atomic E-state index is 12.3. The first-order valence-corrected chi connectivity index (χ1v) is 9.96. The van der Waals surface area contributed by atoms with E-state index < -0.39 is 30.4 Å². The Bertz CT molecular complexity index is 1160. The number of H-pyrrole nitrogens is 1. The molecule has 0 unspecified atom stereocenters. The van der Waals surface area contributed by atoms with Gasteiger partial charge in [-0.25, -0.2) is 19.4 Å². The van der Waals surface area contributed by atoms with E-state index in [9.17, 15) is 19.2 Å². The van der Waals surface area contributed by atoms with Crippen molar-refractivity contribution in [2.45, 2.75) is 13.8 Å². The number of nitrogens with zero attached hydrogens (tertiary/aromatic N) is 1. The van der Waals surface area contributed by atoms with Crippen molar-refractivity contribution in [2.75, 3.05) is 25.6 Å². The monoisotopic (exact) mass is 445 g/mol. The summed E-state index contributed by atoms with van der Waals surface area (Å²) in [6, 6.07) is 4.75. The molecule has 1 aromatic carbocycles. The van der Waals surface area contributed by atoms with Crippen molar-refractivity contribution >= 4 is 51.2 Å². The number of thiophene rings is 1. The molecule has 11 heteroatoms. The van der Waals surface area contributed by atoms with E-state index in [0.717, 1.165) is 11.3 Å². The maximum Gasteiger partial charge on any atom is 0.348 e. The molecule has 0 atom stereocenters. The maximum absolute atomic E-state index is 12.3. The minimum atomic E-state index is -0.718. The Hall–Kier alpha value is -3.73. The van der Waals surface area contributed by atoms with Crippen LogP contribution in [0.2, 0.25) is 0 Å². The van der Waals surface area contributed by atoms with E-state index in [1.54, 1.807) is 26.0 Å². The zero-order valence-electron chi connectivity index (χ0n) is 16.9. The number of methoxy groups -OCH3 is 1.